The van der Waals surface area contributed by atoms with E-state index in [1.807, 2.05) is 31.2 Å². The van der Waals surface area contributed by atoms with Gasteiger partial charge in [0.15, 0.2) is 0 Å². The van der Waals surface area contributed by atoms with Crippen LogP contribution in [-0.4, -0.2) is 102 Å². The number of imide groups is 1. The molecule has 2 saturated heterocycles. The Hall–Kier alpha value is -11.5. The van der Waals surface area contributed by atoms with Crippen LogP contribution in [0.2, 0.25) is 0 Å². The first-order chi connectivity index (χ1) is 64.2. The molecule has 3 unspecified atom stereocenters. The van der Waals surface area contributed by atoms with Crippen molar-refractivity contribution in [1.82, 2.24) is 5.06 Å². The first kappa shape index (κ1) is 136. The van der Waals surface area contributed by atoms with Gasteiger partial charge in [-0.15, -0.1) is 11.9 Å². The summed E-state index contributed by atoms with van der Waals surface area (Å²) in [5.74, 6) is -2.65. The normalized spacial score (nSPS) is 13.0. The van der Waals surface area contributed by atoms with Crippen LogP contribution in [0.25, 0.3) is 72.8 Å². The van der Waals surface area contributed by atoms with E-state index in [4.69, 9.17) is 50.7 Å². The number of carbonyl (C=O) groups excluding carboxylic acids is 3. The standard InChI is InChI=1S/C19H20O3.C17H18O.C16H16.C16H14.C13H10N2.C13H11N.C5H10O.C4H4NO3.C3H6.2C2H4O2.3CH4.CH3.BF3.FH.HNO2.2Na.2H2O.Pd/c1-3-6-13-9-10-16-14-7-4-5-8-15(14)18(17(16)11-13)12-22-19(20)21-2;1-2-5-12-8-9-15-13-6-3-4-7-14(13)17(11-18)16(15)10-12;2*1-2-5-12-8-9-16-14(10-12)11-13-6-3-4-7-15(13)16;14-15-11-5-6-13-10(8-11)7-9-3-1-2-4-12(9)13;14-11-5-6-13-10(8-11)7-9-3-1-2-4-12(9)13;1-5-3-2-4-6-5;6-3-1-2-4(7)5(3)8;1-3-2;2*1-2(3)4;;;;;2-1(3)4;;2-1-3;;;;;/h4-5,7-11,18H,3,6,12H2,1-2H3;3-4,6-10,17-18H,2,5,11H2,1H3;3-4,6-10H,2,5,11H2,1H3;2-10H,11H2,1H3;1-6,8,14H,7H2;1-6,8H,7,14H2;5H,2-4H2,1H3;1-2H2;3H,1H2,2H3;2*1H3,(H,3,4);3*1H4;1H3;;1H;(H,2,3);;;2*1H2;/q;;;;;;;-1;;;;;;;-1;;;;2*+1;;;/p-1/b;;;5-2+;;;;;;;;;;;;;;;;;;;. The van der Waals surface area contributed by atoms with Crippen LogP contribution in [0, 0.1) is 22.7 Å². The third-order valence-corrected chi connectivity index (χ3v) is 22.5. The molecular formula is C114H137BF4N5Na2O16Pd-. The molecule has 6 aliphatic carbocycles. The molecule has 2 fully saturated rings. The van der Waals surface area contributed by atoms with Crippen molar-refractivity contribution < 1.29 is 167 Å². The maximum Gasteiger partial charge on any atom is 1.00 e. The van der Waals surface area contributed by atoms with E-state index in [1.165, 1.54) is 189 Å². The molecule has 3 atom stereocenters. The summed E-state index contributed by atoms with van der Waals surface area (Å²) in [6.45, 7) is 19.7. The largest absolute Gasteiger partial charge is 1.00 e. The number of hydrogen-bond donors (Lipinski definition) is 5. The van der Waals surface area contributed by atoms with Gasteiger partial charge in [0.05, 0.1) is 19.8 Å². The molecule has 12 aromatic carbocycles. The summed E-state index contributed by atoms with van der Waals surface area (Å²) in [6, 6.07) is 90.6. The van der Waals surface area contributed by atoms with Crippen LogP contribution in [0.1, 0.15) is 223 Å². The second kappa shape index (κ2) is 71.1. The zero-order chi connectivity index (χ0) is 96.5. The number of nitrogen functional groups attached to an aromatic ring is 1. The predicted molar refractivity (Wildman–Crippen MR) is 560 cm³/mol. The Morgan fingerprint density at radius 1 is 0.531 bits per heavy atom. The molecule has 0 aromatic heterocycles. The maximum atomic E-state index is 11.3. The van der Waals surface area contributed by atoms with E-state index in [1.54, 1.807) is 6.08 Å². The number of rotatable bonds is 11. The number of nitrogens with zero attached hydrogens (tertiary/aromatic N) is 3. The zero-order valence-corrected chi connectivity index (χ0v) is 87.2. The van der Waals surface area contributed by atoms with E-state index < -0.39 is 37.5 Å². The van der Waals surface area contributed by atoms with Crippen LogP contribution in [0.15, 0.2) is 284 Å². The number of carbonyl (C=O) groups is 5. The van der Waals surface area contributed by atoms with Crippen molar-refractivity contribution in [3.8, 4) is 66.8 Å². The Balaban J connectivity index is -0.00000153. The van der Waals surface area contributed by atoms with Crippen LogP contribution in [0.5, 0.6) is 0 Å². The van der Waals surface area contributed by atoms with E-state index in [0.717, 1.165) is 88.5 Å². The van der Waals surface area contributed by atoms with Crippen molar-refractivity contribution in [3.63, 3.8) is 0 Å². The van der Waals surface area contributed by atoms with Crippen LogP contribution >= 0.6 is 0 Å². The van der Waals surface area contributed by atoms with E-state index >= 15 is 0 Å². The molecule has 20 rings (SSSR count). The minimum Gasteiger partial charge on any atom is -1.00 e. The van der Waals surface area contributed by atoms with Crippen molar-refractivity contribution in [2.24, 2.45) is 10.5 Å². The van der Waals surface area contributed by atoms with Crippen molar-refractivity contribution in [1.29, 1.82) is 0 Å². The second-order valence-electron chi connectivity index (χ2n) is 32.1. The topological polar surface area (TPSA) is 379 Å². The Labute approximate surface area is 900 Å². The van der Waals surface area contributed by atoms with Crippen LogP contribution < -0.4 is 75.1 Å². The molecule has 21 nitrogen and oxygen atoms in total. The number of aryl methyl sites for hydroxylation is 3. The second-order valence-corrected chi connectivity index (χ2v) is 32.1. The molecule has 0 saturated carbocycles. The van der Waals surface area contributed by atoms with Crippen LogP contribution in [-0.2, 0) is 98.8 Å². The number of allylic oxidation sites excluding steroid dienone is 2. The first-order valence-corrected chi connectivity index (χ1v) is 44.6. The number of methoxy groups -OCH3 is 1. The number of ether oxygens (including phenoxy) is 3. The summed E-state index contributed by atoms with van der Waals surface area (Å²) in [5, 5.41) is 47.3. The maximum absolute atomic E-state index is 11.3. The summed E-state index contributed by atoms with van der Waals surface area (Å²) in [7, 11) is -2.34. The van der Waals surface area contributed by atoms with E-state index in [9.17, 15) is 37.6 Å². The number of aliphatic carboxylic acids is 2. The smallest absolute Gasteiger partial charge is 1.00 e. The number of fused-ring (bicyclic) bond motifs is 18. The quantitative estimate of drug-likeness (QED) is 0.00767. The minimum absolute atomic E-state index is 0. The van der Waals surface area contributed by atoms with Gasteiger partial charge < -0.3 is 78.7 Å². The number of aliphatic hydroxyl groups excluding tert-OH is 1. The van der Waals surface area contributed by atoms with Gasteiger partial charge in [0.1, 0.15) is 12.3 Å². The monoisotopic (exact) mass is 2070 g/mol. The summed E-state index contributed by atoms with van der Waals surface area (Å²) in [4.78, 5) is 57.7. The molecule has 0 radical (unpaired) electrons. The van der Waals surface area contributed by atoms with Crippen molar-refractivity contribution in [2.45, 2.75) is 186 Å². The van der Waals surface area contributed by atoms with E-state index in [2.05, 4.69) is 294 Å². The number of hydroxylamine groups is 2. The number of benzene rings is 12. The Morgan fingerprint density at radius 2 is 0.846 bits per heavy atom. The van der Waals surface area contributed by atoms with E-state index in [-0.39, 0.29) is 161 Å². The van der Waals surface area contributed by atoms with Crippen molar-refractivity contribution >= 4 is 54.9 Å². The molecule has 2 amide bonds. The van der Waals surface area contributed by atoms with Gasteiger partial charge in [-0.3, -0.25) is 32.1 Å². The molecule has 11 N–H and O–H groups in total. The summed E-state index contributed by atoms with van der Waals surface area (Å²) in [5.41, 5.74) is 50.7. The first-order valence-electron chi connectivity index (χ1n) is 44.6. The Morgan fingerprint density at radius 3 is 1.19 bits per heavy atom. The van der Waals surface area contributed by atoms with Gasteiger partial charge >= 0.3 is 72.8 Å². The summed E-state index contributed by atoms with van der Waals surface area (Å²) < 4.78 is 44.0. The van der Waals surface area contributed by atoms with Crippen LogP contribution in [0.4, 0.5) is 29.1 Å². The molecule has 0 bridgehead atoms. The van der Waals surface area contributed by atoms with Crippen LogP contribution in [0.3, 0.4) is 0 Å². The number of anilines is 1. The number of halogens is 4. The molecule has 143 heavy (non-hydrogen) atoms. The number of amides is 2. The van der Waals surface area contributed by atoms with E-state index in [0.29, 0.717) is 12.7 Å². The predicted octanol–water partition coefficient (Wildman–Crippen LogP) is 16.8. The van der Waals surface area contributed by atoms with Gasteiger partial charge in [-0.1, -0.05) is 311 Å². The number of nitrogens with two attached hydrogens (primary N) is 2. The third-order valence-electron chi connectivity index (χ3n) is 22.5. The van der Waals surface area contributed by atoms with Gasteiger partial charge in [-0.05, 0) is 264 Å². The third kappa shape index (κ3) is 40.2. The van der Waals surface area contributed by atoms with Gasteiger partial charge in [-0.2, -0.15) is 5.53 Å². The van der Waals surface area contributed by atoms with Gasteiger partial charge in [-0.25, -0.2) is 4.79 Å². The summed E-state index contributed by atoms with van der Waals surface area (Å²) in [6.07, 6.45) is 19.7. The fourth-order valence-corrected chi connectivity index (χ4v) is 17.0. The number of aliphatic hydroxyl groups is 1. The molecular weight excluding hydrogens is 1930 g/mol. The molecule has 8 aliphatic rings. The van der Waals surface area contributed by atoms with Gasteiger partial charge in [0.2, 0.25) is 11.8 Å². The molecule has 0 spiro atoms. The fourth-order valence-electron chi connectivity index (χ4n) is 17.0. The fraction of sp³-hybridized carbons (Fsp3) is 0.281. The molecule has 758 valence electrons. The van der Waals surface area contributed by atoms with Crippen molar-refractivity contribution in [2.75, 3.05) is 32.7 Å². The Kier molecular flexibility index (Phi) is 67.4. The minimum atomic E-state index is -3.67. The SMILES string of the molecule is C.C.C.C/C=C/c1ccc2c(c1)Cc1ccccc1-2.C=CC.CC(=O)O.CC(=O)O.CC1CCCO1.CCCc1ccc2c(c1)C(CO)c1ccccc1-2.CCCc1ccc2c(c1)C(COC(=O)OC)c1ccccc1-2.CCCc1ccc2c(c1)Cc1ccccc1-2.FB(F)F.Nc1ccc2c(c1)Cc1ccccc1-2.O.O.O=C1CCC(=O)N1[O-].O=N[O-].[CH3-].[F-].[NH2+]=Nc1ccc2c(c1)Cc1ccccc1-2.[Na+].[Na+].[Pd]. The average Bonchev–Trinajstić information content (AvgIpc) is 1.60. The molecule has 2 heterocycles. The number of carboxylic acid groups (broad SMARTS) is 2. The number of carboxylic acids is 2. The van der Waals surface area contributed by atoms with Gasteiger partial charge in [0.25, 0.3) is 11.9 Å². The summed E-state index contributed by atoms with van der Waals surface area (Å²) >= 11 is 0. The van der Waals surface area contributed by atoms with Crippen molar-refractivity contribution in [3.05, 3.63) is 385 Å². The number of hydrogen-bond acceptors (Lipinski definition) is 15. The molecule has 2 aliphatic heterocycles. The Bertz CT molecular complexity index is 5950. The molecule has 29 heteroatoms. The average molecular weight is 2070 g/mol. The molecule has 12 aromatic rings. The van der Waals surface area contributed by atoms with Gasteiger partial charge in [0, 0.05) is 71.2 Å². The zero-order valence-electron chi connectivity index (χ0n) is 81.7.